The fourth-order valence-electron chi connectivity index (χ4n) is 8.53. The molecule has 3 heteroatoms. The Kier molecular flexibility index (Phi) is 4.23. The summed E-state index contributed by atoms with van der Waals surface area (Å²) in [6, 6.07) is 44.5. The summed E-state index contributed by atoms with van der Waals surface area (Å²) in [5, 5.41) is 6.45. The van der Waals surface area contributed by atoms with Crippen LogP contribution in [0.2, 0.25) is 0 Å². The van der Waals surface area contributed by atoms with Gasteiger partial charge in [-0.3, -0.25) is 0 Å². The van der Waals surface area contributed by atoms with E-state index in [1.165, 1.54) is 82.4 Å². The molecule has 44 heavy (non-hydrogen) atoms. The van der Waals surface area contributed by atoms with E-state index in [2.05, 4.69) is 126 Å². The van der Waals surface area contributed by atoms with Crippen molar-refractivity contribution in [2.45, 2.75) is 18.8 Å². The molecule has 11 rings (SSSR count). The van der Waals surface area contributed by atoms with Gasteiger partial charge in [0, 0.05) is 38.4 Å². The van der Waals surface area contributed by atoms with E-state index in [4.69, 9.17) is 9.97 Å². The number of benzene rings is 6. The SMILES string of the molecule is c1ccc2c(c1)CCC(c1nc3c4c(cccc4n1)-c1ccccc1-3)c1c-2cc2c3ccccc3n3c4ccccc4c1c23. The van der Waals surface area contributed by atoms with Crippen LogP contribution in [-0.4, -0.2) is 14.4 Å². The first kappa shape index (κ1) is 23.0. The summed E-state index contributed by atoms with van der Waals surface area (Å²) in [4.78, 5) is 10.9. The lowest BCUT2D eigenvalue weighted by molar-refractivity contribution is 0.689. The molecule has 0 bridgehead atoms. The highest BCUT2D eigenvalue weighted by molar-refractivity contribution is 6.26. The third-order valence-corrected chi connectivity index (χ3v) is 10.3. The monoisotopic (exact) mass is 559 g/mol. The summed E-state index contributed by atoms with van der Waals surface area (Å²) in [5.74, 6) is 0.976. The van der Waals surface area contributed by atoms with Gasteiger partial charge in [0.25, 0.3) is 0 Å². The zero-order valence-corrected chi connectivity index (χ0v) is 23.9. The van der Waals surface area contributed by atoms with Crippen molar-refractivity contribution < 1.29 is 0 Å². The highest BCUT2D eigenvalue weighted by Crippen LogP contribution is 2.52. The number of fused-ring (bicyclic) bond motifs is 13. The molecule has 0 saturated carbocycles. The number of hydrogen-bond donors (Lipinski definition) is 0. The molecule has 3 aromatic heterocycles. The maximum absolute atomic E-state index is 5.49. The topological polar surface area (TPSA) is 30.2 Å². The normalized spacial score (nSPS) is 15.3. The minimum absolute atomic E-state index is 0.0477. The molecule has 1 atom stereocenters. The minimum Gasteiger partial charge on any atom is -0.308 e. The Hall–Kier alpha value is -5.54. The second-order valence-corrected chi connectivity index (χ2v) is 12.4. The average molecular weight is 560 g/mol. The van der Waals surface area contributed by atoms with Gasteiger partial charge in [-0.15, -0.1) is 0 Å². The standard InChI is InChI=1S/C41H25N3/c1-2-11-24-23(10-1)20-21-30(41-42-33-17-9-16-27-25-12-3-4-14-28(25)39(43-41)37(27)33)36-31(24)22-32-26-13-5-7-18-34(26)44-35-19-8-6-15-29(35)38(36)40(32)44/h1-19,22,30H,20-21H2. The number of aromatic nitrogens is 3. The lowest BCUT2D eigenvalue weighted by Gasteiger charge is -2.20. The Balaban J connectivity index is 1.31. The van der Waals surface area contributed by atoms with Crippen molar-refractivity contribution in [1.82, 2.24) is 14.4 Å². The van der Waals surface area contributed by atoms with Gasteiger partial charge in [0.2, 0.25) is 0 Å². The van der Waals surface area contributed by atoms with Crippen LogP contribution in [0.4, 0.5) is 0 Å². The van der Waals surface area contributed by atoms with Gasteiger partial charge < -0.3 is 4.40 Å². The van der Waals surface area contributed by atoms with Crippen LogP contribution in [0.3, 0.4) is 0 Å². The molecule has 3 nitrogen and oxygen atoms in total. The zero-order valence-electron chi connectivity index (χ0n) is 23.9. The van der Waals surface area contributed by atoms with Crippen LogP contribution in [0.15, 0.2) is 121 Å². The molecule has 0 radical (unpaired) electrons. The summed E-state index contributed by atoms with van der Waals surface area (Å²) in [6.45, 7) is 0. The summed E-state index contributed by atoms with van der Waals surface area (Å²) in [5.41, 5.74) is 15.1. The van der Waals surface area contributed by atoms with E-state index in [9.17, 15) is 0 Å². The van der Waals surface area contributed by atoms with Crippen LogP contribution in [0.5, 0.6) is 0 Å². The van der Waals surface area contributed by atoms with Gasteiger partial charge in [0.05, 0.1) is 27.8 Å². The number of aryl methyl sites for hydroxylation is 1. The van der Waals surface area contributed by atoms with Crippen molar-refractivity contribution in [3.05, 3.63) is 138 Å². The molecule has 1 unspecified atom stereocenters. The first-order valence-corrected chi connectivity index (χ1v) is 15.5. The van der Waals surface area contributed by atoms with Gasteiger partial charge in [-0.25, -0.2) is 9.97 Å². The number of hydrogen-bond acceptors (Lipinski definition) is 2. The zero-order chi connectivity index (χ0) is 28.5. The Morgan fingerprint density at radius 1 is 0.545 bits per heavy atom. The fourth-order valence-corrected chi connectivity index (χ4v) is 8.53. The minimum atomic E-state index is 0.0477. The van der Waals surface area contributed by atoms with Crippen molar-refractivity contribution >= 4 is 49.0 Å². The van der Waals surface area contributed by atoms with E-state index < -0.39 is 0 Å². The van der Waals surface area contributed by atoms with Gasteiger partial charge in [0.1, 0.15) is 5.82 Å². The Morgan fingerprint density at radius 2 is 1.25 bits per heavy atom. The Bertz CT molecular complexity index is 2680. The Morgan fingerprint density at radius 3 is 2.14 bits per heavy atom. The van der Waals surface area contributed by atoms with E-state index in [0.29, 0.717) is 0 Å². The third kappa shape index (κ3) is 2.74. The second-order valence-electron chi connectivity index (χ2n) is 12.4. The second kappa shape index (κ2) is 8.09. The maximum atomic E-state index is 5.49. The summed E-state index contributed by atoms with van der Waals surface area (Å²) >= 11 is 0. The summed E-state index contributed by atoms with van der Waals surface area (Å²) < 4.78 is 2.49. The van der Waals surface area contributed by atoms with Crippen molar-refractivity contribution in [3.63, 3.8) is 0 Å². The molecule has 0 saturated heterocycles. The lowest BCUT2D eigenvalue weighted by Crippen LogP contribution is -2.09. The highest BCUT2D eigenvalue weighted by Gasteiger charge is 2.33. The van der Waals surface area contributed by atoms with Crippen molar-refractivity contribution in [2.75, 3.05) is 0 Å². The van der Waals surface area contributed by atoms with E-state index >= 15 is 0 Å². The average Bonchev–Trinajstić information content (AvgIpc) is 3.67. The number of para-hydroxylation sites is 2. The van der Waals surface area contributed by atoms with Crippen LogP contribution >= 0.6 is 0 Å². The summed E-state index contributed by atoms with van der Waals surface area (Å²) in [6.07, 6.45) is 1.94. The van der Waals surface area contributed by atoms with E-state index in [0.717, 1.165) is 29.9 Å². The molecule has 0 aliphatic heterocycles. The third-order valence-electron chi connectivity index (χ3n) is 10.3. The van der Waals surface area contributed by atoms with Gasteiger partial charge in [-0.05, 0) is 70.5 Å². The lowest BCUT2D eigenvalue weighted by atomic mass is 9.85. The van der Waals surface area contributed by atoms with Crippen LogP contribution in [0.1, 0.15) is 29.3 Å². The van der Waals surface area contributed by atoms with Crippen molar-refractivity contribution in [2.24, 2.45) is 0 Å². The predicted octanol–water partition coefficient (Wildman–Crippen LogP) is 10.2. The maximum Gasteiger partial charge on any atom is 0.137 e. The van der Waals surface area contributed by atoms with Gasteiger partial charge in [-0.2, -0.15) is 0 Å². The number of nitrogens with zero attached hydrogens (tertiary/aromatic N) is 3. The van der Waals surface area contributed by atoms with Crippen molar-refractivity contribution in [3.8, 4) is 33.5 Å². The van der Waals surface area contributed by atoms with Gasteiger partial charge in [0.15, 0.2) is 0 Å². The van der Waals surface area contributed by atoms with Crippen LogP contribution in [-0.2, 0) is 6.42 Å². The molecule has 9 aromatic rings. The Labute approximate surface area is 253 Å². The van der Waals surface area contributed by atoms with E-state index in [-0.39, 0.29) is 5.92 Å². The summed E-state index contributed by atoms with van der Waals surface area (Å²) in [7, 11) is 0. The van der Waals surface area contributed by atoms with Gasteiger partial charge >= 0.3 is 0 Å². The highest BCUT2D eigenvalue weighted by atomic mass is 14.9. The van der Waals surface area contributed by atoms with Gasteiger partial charge in [-0.1, -0.05) is 97.1 Å². The van der Waals surface area contributed by atoms with Crippen LogP contribution in [0, 0.1) is 0 Å². The molecule has 0 fully saturated rings. The molecule has 204 valence electrons. The molecule has 6 aromatic carbocycles. The molecule has 2 aliphatic carbocycles. The van der Waals surface area contributed by atoms with Crippen molar-refractivity contribution in [1.29, 1.82) is 0 Å². The molecule has 0 amide bonds. The predicted molar refractivity (Wildman–Crippen MR) is 181 cm³/mol. The molecule has 0 N–H and O–H groups in total. The molecular weight excluding hydrogens is 534 g/mol. The molecular formula is C41H25N3. The molecule has 2 aliphatic rings. The van der Waals surface area contributed by atoms with Crippen LogP contribution in [0.25, 0.3) is 82.5 Å². The quantitative estimate of drug-likeness (QED) is 0.200. The first-order valence-electron chi connectivity index (χ1n) is 15.5. The van der Waals surface area contributed by atoms with E-state index in [1.807, 2.05) is 0 Å². The largest absolute Gasteiger partial charge is 0.308 e. The van der Waals surface area contributed by atoms with Crippen LogP contribution < -0.4 is 0 Å². The molecule has 0 spiro atoms. The molecule has 3 heterocycles. The fraction of sp³-hybridized carbons (Fsp3) is 0.0732. The number of rotatable bonds is 1. The smallest absolute Gasteiger partial charge is 0.137 e. The first-order chi connectivity index (χ1) is 21.8. The van der Waals surface area contributed by atoms with E-state index in [1.54, 1.807) is 0 Å².